The molecular formula is C21H25FN6O3S. The van der Waals surface area contributed by atoms with Gasteiger partial charge in [-0.25, -0.2) is 4.99 Å². The predicted molar refractivity (Wildman–Crippen MR) is 123 cm³/mol. The maximum absolute atomic E-state index is 13.0. The van der Waals surface area contributed by atoms with Crippen LogP contribution in [-0.4, -0.2) is 31.9 Å². The molecule has 0 unspecified atom stereocenters. The minimum absolute atomic E-state index is 0.0939. The van der Waals surface area contributed by atoms with Gasteiger partial charge in [-0.2, -0.15) is 13.4 Å². The highest BCUT2D eigenvalue weighted by atomic mass is 32.3. The fourth-order valence-corrected chi connectivity index (χ4v) is 3.97. The van der Waals surface area contributed by atoms with Crippen molar-refractivity contribution in [2.45, 2.75) is 43.7 Å². The van der Waals surface area contributed by atoms with Gasteiger partial charge < -0.3 is 16.8 Å². The predicted octanol–water partition coefficient (Wildman–Crippen LogP) is 2.66. The quantitative estimate of drug-likeness (QED) is 0.566. The molecule has 170 valence electrons. The van der Waals surface area contributed by atoms with Gasteiger partial charge in [-0.3, -0.25) is 9.69 Å². The molecule has 9 nitrogen and oxygen atoms in total. The zero-order chi connectivity index (χ0) is 23.7. The van der Waals surface area contributed by atoms with Crippen LogP contribution in [-0.2, 0) is 15.0 Å². The van der Waals surface area contributed by atoms with E-state index >= 15 is 0 Å². The van der Waals surface area contributed by atoms with E-state index in [0.29, 0.717) is 5.69 Å². The average Bonchev–Trinajstić information content (AvgIpc) is 2.66. The Labute approximate surface area is 186 Å². The molecule has 3 rings (SSSR count). The Morgan fingerprint density at radius 1 is 1.12 bits per heavy atom. The smallest absolute Gasteiger partial charge is 0.332 e. The number of guanidine groups is 2. The molecule has 0 bridgehead atoms. The fraction of sp³-hybridized carbons (Fsp3) is 0.286. The minimum Gasteiger partial charge on any atom is -0.369 e. The highest BCUT2D eigenvalue weighted by Crippen LogP contribution is 2.29. The summed E-state index contributed by atoms with van der Waals surface area (Å²) in [5.41, 5.74) is 13.2. The summed E-state index contributed by atoms with van der Waals surface area (Å²) in [6, 6.07) is 12.4. The first-order valence-corrected chi connectivity index (χ1v) is 11.2. The average molecular weight is 461 g/mol. The molecule has 32 heavy (non-hydrogen) atoms. The molecule has 0 aliphatic carbocycles. The molecule has 1 aliphatic heterocycles. The first kappa shape index (κ1) is 23.2. The van der Waals surface area contributed by atoms with E-state index < -0.39 is 20.8 Å². The Morgan fingerprint density at radius 2 is 1.72 bits per heavy atom. The highest BCUT2D eigenvalue weighted by Gasteiger charge is 2.32. The minimum atomic E-state index is -4.77. The van der Waals surface area contributed by atoms with Gasteiger partial charge in [0, 0.05) is 17.8 Å². The molecule has 0 radical (unpaired) electrons. The van der Waals surface area contributed by atoms with Crippen LogP contribution in [0.4, 0.5) is 15.3 Å². The lowest BCUT2D eigenvalue weighted by Gasteiger charge is -2.38. The van der Waals surface area contributed by atoms with Crippen LogP contribution in [0.25, 0.3) is 0 Å². The van der Waals surface area contributed by atoms with Crippen LogP contribution < -0.4 is 21.7 Å². The second-order valence-corrected chi connectivity index (χ2v) is 9.32. The SMILES string of the molecule is C[C@@H](CC(=O)Nc1ccc(S(=O)(=O)F)cc1)c1ccc(N2C(N)=NC(N)=NC2(C)C)cc1. The molecule has 0 aromatic heterocycles. The molecule has 0 saturated carbocycles. The fourth-order valence-electron chi connectivity index (χ4n) is 3.51. The van der Waals surface area contributed by atoms with Gasteiger partial charge in [0.15, 0.2) is 0 Å². The third-order valence-electron chi connectivity index (χ3n) is 5.03. The molecule has 1 aliphatic rings. The Morgan fingerprint density at radius 3 is 2.25 bits per heavy atom. The van der Waals surface area contributed by atoms with Crippen molar-refractivity contribution in [3.05, 3.63) is 54.1 Å². The third kappa shape index (κ3) is 5.22. The van der Waals surface area contributed by atoms with Crippen molar-refractivity contribution < 1.29 is 17.1 Å². The molecule has 0 saturated heterocycles. The summed E-state index contributed by atoms with van der Waals surface area (Å²) >= 11 is 0. The van der Waals surface area contributed by atoms with Gasteiger partial charge in [-0.05, 0) is 61.7 Å². The zero-order valence-corrected chi connectivity index (χ0v) is 18.7. The van der Waals surface area contributed by atoms with E-state index in [9.17, 15) is 17.1 Å². The second-order valence-electron chi connectivity index (χ2n) is 7.98. The summed E-state index contributed by atoms with van der Waals surface area (Å²) in [5.74, 6) is 0.0228. The number of amides is 1. The summed E-state index contributed by atoms with van der Waals surface area (Å²) in [5, 5.41) is 2.68. The maximum atomic E-state index is 13.0. The molecule has 5 N–H and O–H groups in total. The Bertz CT molecular complexity index is 1180. The molecule has 0 spiro atoms. The van der Waals surface area contributed by atoms with Crippen LogP contribution in [0.2, 0.25) is 0 Å². The van der Waals surface area contributed by atoms with E-state index in [1.165, 1.54) is 12.1 Å². The Kier molecular flexibility index (Phi) is 6.22. The van der Waals surface area contributed by atoms with E-state index in [2.05, 4.69) is 15.3 Å². The summed E-state index contributed by atoms with van der Waals surface area (Å²) in [4.78, 5) is 22.0. The second kappa shape index (κ2) is 8.58. The monoisotopic (exact) mass is 460 g/mol. The van der Waals surface area contributed by atoms with E-state index in [4.69, 9.17) is 11.5 Å². The number of nitrogens with one attached hydrogen (secondary N) is 1. The Balaban J connectivity index is 1.65. The van der Waals surface area contributed by atoms with Crippen molar-refractivity contribution in [1.29, 1.82) is 0 Å². The van der Waals surface area contributed by atoms with Crippen molar-refractivity contribution in [3.63, 3.8) is 0 Å². The molecular weight excluding hydrogens is 435 g/mol. The van der Waals surface area contributed by atoms with Gasteiger partial charge in [0.2, 0.25) is 17.8 Å². The van der Waals surface area contributed by atoms with Gasteiger partial charge in [-0.15, -0.1) is 3.89 Å². The van der Waals surface area contributed by atoms with Crippen molar-refractivity contribution in [2.75, 3.05) is 10.2 Å². The Hall–Kier alpha value is -3.47. The lowest BCUT2D eigenvalue weighted by atomic mass is 9.96. The van der Waals surface area contributed by atoms with Crippen molar-refractivity contribution in [3.8, 4) is 0 Å². The number of nitrogens with two attached hydrogens (primary N) is 2. The number of carbonyl (C=O) groups excluding carboxylic acids is 1. The number of anilines is 2. The molecule has 2 aromatic carbocycles. The number of benzene rings is 2. The molecule has 0 fully saturated rings. The van der Waals surface area contributed by atoms with Gasteiger partial charge >= 0.3 is 10.2 Å². The first-order chi connectivity index (χ1) is 14.9. The number of aliphatic imine (C=N–C) groups is 2. The normalized spacial score (nSPS) is 16.7. The van der Waals surface area contributed by atoms with Crippen LogP contribution >= 0.6 is 0 Å². The number of carbonyl (C=O) groups is 1. The standard InChI is InChI=1S/C21H25FN6O3S/c1-13(12-18(29)25-15-6-10-17(11-7-15)32(22,30)31)14-4-8-16(9-5-14)28-20(24)26-19(23)27-21(28,2)3/h4-11,13H,12H2,1-3H3,(H,25,29)(H4,23,24,26,27)/t13-/m0/s1. The lowest BCUT2D eigenvalue weighted by Crippen LogP contribution is -2.54. The zero-order valence-electron chi connectivity index (χ0n) is 17.9. The van der Waals surface area contributed by atoms with Crippen molar-refractivity contribution in [1.82, 2.24) is 0 Å². The van der Waals surface area contributed by atoms with Crippen LogP contribution in [0.15, 0.2) is 63.4 Å². The number of hydrogen-bond donors (Lipinski definition) is 3. The van der Waals surface area contributed by atoms with Crippen molar-refractivity contribution in [2.24, 2.45) is 21.5 Å². The summed E-state index contributed by atoms with van der Waals surface area (Å²) in [7, 11) is -4.77. The van der Waals surface area contributed by atoms with Gasteiger partial charge in [0.05, 0.1) is 4.90 Å². The van der Waals surface area contributed by atoms with E-state index in [-0.39, 0.29) is 30.2 Å². The van der Waals surface area contributed by atoms with Crippen LogP contribution in [0, 0.1) is 0 Å². The van der Waals surface area contributed by atoms with Crippen molar-refractivity contribution >= 4 is 39.4 Å². The molecule has 2 aromatic rings. The third-order valence-corrected chi connectivity index (χ3v) is 5.86. The maximum Gasteiger partial charge on any atom is 0.332 e. The summed E-state index contributed by atoms with van der Waals surface area (Å²) in [6.45, 7) is 5.66. The largest absolute Gasteiger partial charge is 0.369 e. The number of nitrogens with zero attached hydrogens (tertiary/aromatic N) is 3. The number of halogens is 1. The highest BCUT2D eigenvalue weighted by molar-refractivity contribution is 7.86. The van der Waals surface area contributed by atoms with E-state index in [1.54, 1.807) is 4.90 Å². The van der Waals surface area contributed by atoms with Crippen LogP contribution in [0.5, 0.6) is 0 Å². The molecule has 1 atom stereocenters. The summed E-state index contributed by atoms with van der Waals surface area (Å²) in [6.07, 6.45) is 0.197. The molecule has 1 heterocycles. The van der Waals surface area contributed by atoms with E-state index in [0.717, 1.165) is 23.4 Å². The lowest BCUT2D eigenvalue weighted by molar-refractivity contribution is -0.116. The number of rotatable bonds is 6. The summed E-state index contributed by atoms with van der Waals surface area (Å²) < 4.78 is 34.7. The topological polar surface area (TPSA) is 143 Å². The van der Waals surface area contributed by atoms with Gasteiger partial charge in [0.25, 0.3) is 0 Å². The van der Waals surface area contributed by atoms with Gasteiger partial charge in [0.1, 0.15) is 5.66 Å². The number of hydrogen-bond acceptors (Lipinski definition) is 8. The van der Waals surface area contributed by atoms with Crippen LogP contribution in [0.3, 0.4) is 0 Å². The first-order valence-electron chi connectivity index (χ1n) is 9.81. The van der Waals surface area contributed by atoms with Gasteiger partial charge in [-0.1, -0.05) is 19.1 Å². The molecule has 11 heteroatoms. The molecule has 1 amide bonds. The van der Waals surface area contributed by atoms with Crippen LogP contribution in [0.1, 0.15) is 38.7 Å². The van der Waals surface area contributed by atoms with E-state index in [1.807, 2.05) is 45.0 Å².